The lowest BCUT2D eigenvalue weighted by Crippen LogP contribution is -2.37. The van der Waals surface area contributed by atoms with Crippen molar-refractivity contribution in [2.75, 3.05) is 18.0 Å². The lowest BCUT2D eigenvalue weighted by molar-refractivity contribution is 0.0939. The molecule has 7 heteroatoms. The molecule has 3 aromatic rings. The van der Waals surface area contributed by atoms with E-state index < -0.39 is 0 Å². The second kappa shape index (κ2) is 7.01. The number of rotatable bonds is 4. The summed E-state index contributed by atoms with van der Waals surface area (Å²) < 4.78 is 0.815. The molecule has 25 heavy (non-hydrogen) atoms. The molecule has 2 aromatic heterocycles. The third-order valence-corrected chi connectivity index (χ3v) is 5.91. The number of aromatic amines is 1. The van der Waals surface area contributed by atoms with Gasteiger partial charge in [-0.05, 0) is 45.9 Å². The first kappa shape index (κ1) is 16.4. The molecule has 0 saturated carbocycles. The van der Waals surface area contributed by atoms with Crippen LogP contribution in [0.25, 0.3) is 10.6 Å². The Hall–Kier alpha value is -2.12. The number of anilines is 1. The zero-order chi connectivity index (χ0) is 17.2. The molecule has 2 N–H and O–H groups in total. The Morgan fingerprint density at radius 1 is 1.32 bits per heavy atom. The highest BCUT2D eigenvalue weighted by Gasteiger charge is 2.26. The summed E-state index contributed by atoms with van der Waals surface area (Å²) in [5.41, 5.74) is 1.70. The highest BCUT2D eigenvalue weighted by Crippen LogP contribution is 2.27. The lowest BCUT2D eigenvalue weighted by Gasteiger charge is -2.16. The summed E-state index contributed by atoms with van der Waals surface area (Å²) in [4.78, 5) is 15.8. The van der Waals surface area contributed by atoms with Crippen LogP contribution in [0.5, 0.6) is 0 Å². The molecule has 0 bridgehead atoms. The Kier molecular flexibility index (Phi) is 4.59. The van der Waals surface area contributed by atoms with E-state index in [2.05, 4.69) is 53.9 Å². The van der Waals surface area contributed by atoms with Crippen molar-refractivity contribution < 1.29 is 4.79 Å². The zero-order valence-electron chi connectivity index (χ0n) is 13.4. The van der Waals surface area contributed by atoms with Crippen LogP contribution in [0.15, 0.2) is 52.3 Å². The molecule has 0 unspecified atom stereocenters. The molecule has 1 atom stereocenters. The number of amides is 1. The van der Waals surface area contributed by atoms with Crippen LogP contribution < -0.4 is 10.2 Å². The molecule has 1 aromatic carbocycles. The van der Waals surface area contributed by atoms with Gasteiger partial charge >= 0.3 is 0 Å². The van der Waals surface area contributed by atoms with Crippen molar-refractivity contribution in [2.24, 2.45) is 0 Å². The quantitative estimate of drug-likeness (QED) is 0.677. The van der Waals surface area contributed by atoms with E-state index in [9.17, 15) is 4.79 Å². The fourth-order valence-electron chi connectivity index (χ4n) is 3.03. The van der Waals surface area contributed by atoms with Crippen LogP contribution >= 0.6 is 27.3 Å². The number of aromatic nitrogens is 2. The smallest absolute Gasteiger partial charge is 0.252 e. The van der Waals surface area contributed by atoms with Gasteiger partial charge < -0.3 is 10.2 Å². The number of carbonyl (C=O) groups is 1. The summed E-state index contributed by atoms with van der Waals surface area (Å²) in [6.07, 6.45) is 0.914. The van der Waals surface area contributed by atoms with Gasteiger partial charge in [-0.2, -0.15) is 5.10 Å². The van der Waals surface area contributed by atoms with E-state index in [-0.39, 0.29) is 11.9 Å². The van der Waals surface area contributed by atoms with Gasteiger partial charge in [0.2, 0.25) is 0 Å². The highest BCUT2D eigenvalue weighted by molar-refractivity contribution is 9.10. The molecule has 1 amide bonds. The van der Waals surface area contributed by atoms with E-state index in [1.807, 2.05) is 30.3 Å². The summed E-state index contributed by atoms with van der Waals surface area (Å²) >= 11 is 5.12. The van der Waals surface area contributed by atoms with E-state index >= 15 is 0 Å². The van der Waals surface area contributed by atoms with E-state index in [0.717, 1.165) is 35.5 Å². The van der Waals surface area contributed by atoms with Crippen molar-refractivity contribution in [3.63, 3.8) is 0 Å². The molecule has 1 aliphatic heterocycles. The topological polar surface area (TPSA) is 61.0 Å². The summed E-state index contributed by atoms with van der Waals surface area (Å²) in [6.45, 7) is 1.65. The summed E-state index contributed by atoms with van der Waals surface area (Å²) in [5.74, 6) is 0.890. The molecule has 3 heterocycles. The maximum atomic E-state index is 12.4. The zero-order valence-corrected chi connectivity index (χ0v) is 15.8. The van der Waals surface area contributed by atoms with Gasteiger partial charge in [0.15, 0.2) is 5.82 Å². The Balaban J connectivity index is 1.40. The number of hydrogen-bond donors (Lipinski definition) is 2. The summed E-state index contributed by atoms with van der Waals surface area (Å²) in [5, 5.41) is 12.7. The fraction of sp³-hybridized carbons (Fsp3) is 0.222. The molecule has 1 fully saturated rings. The van der Waals surface area contributed by atoms with E-state index in [1.165, 1.54) is 4.88 Å². The molecule has 5 nitrogen and oxygen atoms in total. The first-order valence-electron chi connectivity index (χ1n) is 8.10. The van der Waals surface area contributed by atoms with Crippen LogP contribution in [0.2, 0.25) is 0 Å². The van der Waals surface area contributed by atoms with Gasteiger partial charge in [-0.1, -0.05) is 18.2 Å². The molecule has 1 saturated heterocycles. The summed E-state index contributed by atoms with van der Waals surface area (Å²) in [7, 11) is 0. The van der Waals surface area contributed by atoms with Crippen LogP contribution in [-0.4, -0.2) is 35.2 Å². The molecule has 0 radical (unpaired) electrons. The van der Waals surface area contributed by atoms with Crippen molar-refractivity contribution in [3.05, 3.63) is 57.9 Å². The molecule has 1 aliphatic rings. The second-order valence-corrected chi connectivity index (χ2v) is 7.80. The minimum Gasteiger partial charge on any atom is -0.353 e. The van der Waals surface area contributed by atoms with Crippen LogP contribution in [0, 0.1) is 0 Å². The molecular weight excluding hydrogens is 400 g/mol. The molecule has 0 spiro atoms. The van der Waals surface area contributed by atoms with Crippen LogP contribution in [0.4, 0.5) is 5.82 Å². The second-order valence-electron chi connectivity index (χ2n) is 6.00. The molecule has 4 rings (SSSR count). The maximum absolute atomic E-state index is 12.4. The third-order valence-electron chi connectivity index (χ3n) is 4.32. The Labute approximate surface area is 158 Å². The van der Waals surface area contributed by atoms with Gasteiger partial charge in [0.1, 0.15) is 0 Å². The molecule has 128 valence electrons. The number of benzene rings is 1. The monoisotopic (exact) mass is 416 g/mol. The van der Waals surface area contributed by atoms with Gasteiger partial charge in [0, 0.05) is 29.7 Å². The van der Waals surface area contributed by atoms with Gasteiger partial charge in [-0.15, -0.1) is 11.3 Å². The highest BCUT2D eigenvalue weighted by atomic mass is 79.9. The Morgan fingerprint density at radius 2 is 2.20 bits per heavy atom. The van der Waals surface area contributed by atoms with Crippen molar-refractivity contribution in [1.29, 1.82) is 0 Å². The van der Waals surface area contributed by atoms with Gasteiger partial charge in [-0.25, -0.2) is 0 Å². The number of carbonyl (C=O) groups excluding carboxylic acids is 1. The van der Waals surface area contributed by atoms with E-state index in [0.29, 0.717) is 5.56 Å². The van der Waals surface area contributed by atoms with Gasteiger partial charge in [0.05, 0.1) is 16.1 Å². The fourth-order valence-corrected chi connectivity index (χ4v) is 4.18. The third kappa shape index (κ3) is 3.48. The largest absolute Gasteiger partial charge is 0.353 e. The van der Waals surface area contributed by atoms with Crippen molar-refractivity contribution in [3.8, 4) is 10.6 Å². The van der Waals surface area contributed by atoms with Crippen LogP contribution in [0.3, 0.4) is 0 Å². The molecule has 0 aliphatic carbocycles. The first-order chi connectivity index (χ1) is 12.2. The van der Waals surface area contributed by atoms with Crippen LogP contribution in [0.1, 0.15) is 16.8 Å². The number of halogens is 1. The average Bonchev–Trinajstić information content (AvgIpc) is 3.35. The predicted molar refractivity (Wildman–Crippen MR) is 104 cm³/mol. The van der Waals surface area contributed by atoms with Crippen molar-refractivity contribution in [1.82, 2.24) is 15.5 Å². The minimum absolute atomic E-state index is 0.0411. The standard InChI is InChI=1S/C18H17BrN4OS/c19-14-5-2-1-4-13(14)18(24)20-12-7-8-23(11-12)17-10-15(21-22-17)16-6-3-9-25-16/h1-6,9-10,12H,7-8,11H2,(H,20,24)(H,21,22)/t12-/m1/s1. The number of H-pyrrole nitrogens is 1. The number of thiophene rings is 1. The predicted octanol–water partition coefficient (Wildman–Crippen LogP) is 3.91. The number of nitrogens with zero attached hydrogens (tertiary/aromatic N) is 2. The molecular formula is C18H17BrN4OS. The minimum atomic E-state index is -0.0411. The normalized spacial score (nSPS) is 17.0. The van der Waals surface area contributed by atoms with Crippen molar-refractivity contribution >= 4 is 39.0 Å². The Morgan fingerprint density at radius 3 is 3.00 bits per heavy atom. The summed E-state index contributed by atoms with van der Waals surface area (Å²) in [6, 6.07) is 13.8. The van der Waals surface area contributed by atoms with Crippen molar-refractivity contribution in [2.45, 2.75) is 12.5 Å². The SMILES string of the molecule is O=C(N[C@@H]1CCN(c2cc(-c3cccs3)[nH]n2)C1)c1ccccc1Br. The van der Waals surface area contributed by atoms with E-state index in [1.54, 1.807) is 11.3 Å². The number of hydrogen-bond acceptors (Lipinski definition) is 4. The van der Waals surface area contributed by atoms with Crippen LogP contribution in [-0.2, 0) is 0 Å². The Bertz CT molecular complexity index is 877. The van der Waals surface area contributed by atoms with Gasteiger partial charge in [0.25, 0.3) is 5.91 Å². The van der Waals surface area contributed by atoms with Gasteiger partial charge in [-0.3, -0.25) is 9.89 Å². The number of nitrogens with one attached hydrogen (secondary N) is 2. The average molecular weight is 417 g/mol. The lowest BCUT2D eigenvalue weighted by atomic mass is 10.2. The van der Waals surface area contributed by atoms with E-state index in [4.69, 9.17) is 0 Å². The first-order valence-corrected chi connectivity index (χ1v) is 9.77. The maximum Gasteiger partial charge on any atom is 0.252 e.